The van der Waals surface area contributed by atoms with Crippen LogP contribution in [0.1, 0.15) is 49.0 Å². The largest absolute Gasteiger partial charge is 0.384 e. The zero-order valence-electron chi connectivity index (χ0n) is 12.4. The maximum Gasteiger partial charge on any atom is 0.251 e. The molecule has 0 bridgehead atoms. The van der Waals surface area contributed by atoms with Gasteiger partial charge in [-0.05, 0) is 61.3 Å². The van der Waals surface area contributed by atoms with Gasteiger partial charge in [-0.25, -0.2) is 0 Å². The van der Waals surface area contributed by atoms with Crippen LogP contribution in [0.5, 0.6) is 0 Å². The zero-order chi connectivity index (χ0) is 14.1. The van der Waals surface area contributed by atoms with Crippen molar-refractivity contribution in [3.63, 3.8) is 0 Å². The van der Waals surface area contributed by atoms with Gasteiger partial charge < -0.3 is 10.6 Å². The Labute approximate surface area is 121 Å². The van der Waals surface area contributed by atoms with E-state index in [-0.39, 0.29) is 5.91 Å². The van der Waals surface area contributed by atoms with Crippen molar-refractivity contribution >= 4 is 11.6 Å². The van der Waals surface area contributed by atoms with Crippen LogP contribution < -0.4 is 10.6 Å². The molecule has 2 unspecified atom stereocenters. The quantitative estimate of drug-likeness (QED) is 0.868. The van der Waals surface area contributed by atoms with Crippen LogP contribution in [-0.4, -0.2) is 18.5 Å². The molecule has 3 rings (SSSR count). The Morgan fingerprint density at radius 1 is 1.20 bits per heavy atom. The molecule has 1 aromatic carbocycles. The zero-order valence-corrected chi connectivity index (χ0v) is 12.4. The van der Waals surface area contributed by atoms with Gasteiger partial charge in [-0.3, -0.25) is 4.79 Å². The number of carbonyl (C=O) groups is 1. The molecule has 2 aliphatic rings. The smallest absolute Gasteiger partial charge is 0.251 e. The third-order valence-corrected chi connectivity index (χ3v) is 4.59. The van der Waals surface area contributed by atoms with Gasteiger partial charge in [-0.2, -0.15) is 0 Å². The molecule has 1 heterocycles. The average Bonchev–Trinajstić information content (AvgIpc) is 2.84. The third-order valence-electron chi connectivity index (χ3n) is 4.59. The highest BCUT2D eigenvalue weighted by Gasteiger charge is 2.25. The molecule has 1 aliphatic heterocycles. The lowest BCUT2D eigenvalue weighted by Gasteiger charge is -2.32. The van der Waals surface area contributed by atoms with E-state index in [0.717, 1.165) is 31.4 Å². The number of nitrogens with one attached hydrogen (secondary N) is 2. The molecular formula is C17H24N2O. The Bertz CT molecular complexity index is 502. The Morgan fingerprint density at radius 2 is 1.95 bits per heavy atom. The molecule has 1 amide bonds. The second-order valence-corrected chi connectivity index (χ2v) is 6.64. The van der Waals surface area contributed by atoms with E-state index in [2.05, 4.69) is 24.5 Å². The van der Waals surface area contributed by atoms with Crippen LogP contribution in [0.15, 0.2) is 18.2 Å². The lowest BCUT2D eigenvalue weighted by molar-refractivity contribution is 0.0911. The Hall–Kier alpha value is -1.51. The average molecular weight is 272 g/mol. The lowest BCUT2D eigenvalue weighted by atomic mass is 9.80. The summed E-state index contributed by atoms with van der Waals surface area (Å²) >= 11 is 0. The Morgan fingerprint density at radius 3 is 2.70 bits per heavy atom. The molecule has 1 saturated carbocycles. The monoisotopic (exact) mass is 272 g/mol. The van der Waals surface area contributed by atoms with Crippen molar-refractivity contribution in [2.75, 3.05) is 11.9 Å². The van der Waals surface area contributed by atoms with E-state index in [4.69, 9.17) is 0 Å². The molecule has 1 fully saturated rings. The second-order valence-electron chi connectivity index (χ2n) is 6.64. The molecule has 3 nitrogen and oxygen atoms in total. The first-order valence-corrected chi connectivity index (χ1v) is 7.79. The number of rotatable bonds is 2. The molecule has 2 N–H and O–H groups in total. The molecule has 3 heteroatoms. The maximum absolute atomic E-state index is 12.4. The number of amides is 1. The number of carbonyl (C=O) groups excluding carboxylic acids is 1. The van der Waals surface area contributed by atoms with E-state index in [9.17, 15) is 4.79 Å². The van der Waals surface area contributed by atoms with Crippen LogP contribution in [0.2, 0.25) is 0 Å². The molecule has 20 heavy (non-hydrogen) atoms. The van der Waals surface area contributed by atoms with E-state index in [1.807, 2.05) is 18.2 Å². The molecule has 1 aliphatic carbocycles. The summed E-state index contributed by atoms with van der Waals surface area (Å²) in [5.74, 6) is 1.52. The summed E-state index contributed by atoms with van der Waals surface area (Å²) in [6.07, 6.45) is 4.54. The number of fused-ring (bicyclic) bond motifs is 1. The van der Waals surface area contributed by atoms with E-state index in [1.54, 1.807) is 0 Å². The van der Waals surface area contributed by atoms with Gasteiger partial charge in [0.25, 0.3) is 5.91 Å². The van der Waals surface area contributed by atoms with Gasteiger partial charge in [0.1, 0.15) is 0 Å². The number of anilines is 1. The summed E-state index contributed by atoms with van der Waals surface area (Å²) in [6, 6.07) is 6.35. The Kier molecular flexibility index (Phi) is 3.68. The minimum atomic E-state index is 0.0889. The SMILES string of the molecule is CC1CC(C)CC(NC(=O)c2ccc3c(c2)CCN3)C1. The number of hydrogen-bond donors (Lipinski definition) is 2. The lowest BCUT2D eigenvalue weighted by Crippen LogP contribution is -2.40. The molecule has 0 saturated heterocycles. The highest BCUT2D eigenvalue weighted by atomic mass is 16.1. The van der Waals surface area contributed by atoms with Gasteiger partial charge in [0, 0.05) is 23.8 Å². The van der Waals surface area contributed by atoms with Crippen molar-refractivity contribution in [2.45, 2.75) is 45.6 Å². The summed E-state index contributed by atoms with van der Waals surface area (Å²) in [5.41, 5.74) is 3.25. The third kappa shape index (κ3) is 2.82. The van der Waals surface area contributed by atoms with Crippen molar-refractivity contribution in [3.05, 3.63) is 29.3 Å². The summed E-state index contributed by atoms with van der Waals surface area (Å²) in [5, 5.41) is 6.56. The minimum Gasteiger partial charge on any atom is -0.384 e. The van der Waals surface area contributed by atoms with Crippen molar-refractivity contribution in [1.82, 2.24) is 5.32 Å². The normalized spacial score (nSPS) is 28.6. The standard InChI is InChI=1S/C17H24N2O/c1-11-7-12(2)9-15(8-11)19-17(20)14-3-4-16-13(10-14)5-6-18-16/h3-4,10-12,15,18H,5-9H2,1-2H3,(H,19,20). The minimum absolute atomic E-state index is 0.0889. The molecular weight excluding hydrogens is 248 g/mol. The van der Waals surface area contributed by atoms with Crippen LogP contribution in [0, 0.1) is 11.8 Å². The van der Waals surface area contributed by atoms with Crippen molar-refractivity contribution in [2.24, 2.45) is 11.8 Å². The van der Waals surface area contributed by atoms with E-state index >= 15 is 0 Å². The van der Waals surface area contributed by atoms with Crippen molar-refractivity contribution in [1.29, 1.82) is 0 Å². The van der Waals surface area contributed by atoms with Crippen molar-refractivity contribution < 1.29 is 4.79 Å². The Balaban J connectivity index is 1.67. The molecule has 0 radical (unpaired) electrons. The maximum atomic E-state index is 12.4. The fraction of sp³-hybridized carbons (Fsp3) is 0.588. The van der Waals surface area contributed by atoms with Gasteiger partial charge in [-0.1, -0.05) is 13.8 Å². The predicted octanol–water partition coefficient (Wildman–Crippen LogP) is 3.21. The summed E-state index contributed by atoms with van der Waals surface area (Å²) in [7, 11) is 0. The first kappa shape index (κ1) is 13.5. The number of hydrogen-bond acceptors (Lipinski definition) is 2. The van der Waals surface area contributed by atoms with Crippen LogP contribution >= 0.6 is 0 Å². The summed E-state index contributed by atoms with van der Waals surface area (Å²) < 4.78 is 0. The first-order valence-electron chi connectivity index (χ1n) is 7.79. The van der Waals surface area contributed by atoms with Gasteiger partial charge in [0.15, 0.2) is 0 Å². The van der Waals surface area contributed by atoms with Crippen LogP contribution in [0.3, 0.4) is 0 Å². The molecule has 2 atom stereocenters. The van der Waals surface area contributed by atoms with Crippen LogP contribution in [-0.2, 0) is 6.42 Å². The summed E-state index contributed by atoms with van der Waals surface area (Å²) in [4.78, 5) is 12.4. The molecule has 1 aromatic rings. The topological polar surface area (TPSA) is 41.1 Å². The fourth-order valence-electron chi connectivity index (χ4n) is 3.78. The van der Waals surface area contributed by atoms with Crippen LogP contribution in [0.25, 0.3) is 0 Å². The molecule has 0 aromatic heterocycles. The van der Waals surface area contributed by atoms with E-state index < -0.39 is 0 Å². The first-order chi connectivity index (χ1) is 9.61. The van der Waals surface area contributed by atoms with E-state index in [0.29, 0.717) is 17.9 Å². The van der Waals surface area contributed by atoms with Crippen LogP contribution in [0.4, 0.5) is 5.69 Å². The van der Waals surface area contributed by atoms with Gasteiger partial charge in [0.05, 0.1) is 0 Å². The summed E-state index contributed by atoms with van der Waals surface area (Å²) in [6.45, 7) is 5.56. The van der Waals surface area contributed by atoms with Crippen molar-refractivity contribution in [3.8, 4) is 0 Å². The second kappa shape index (κ2) is 5.47. The predicted molar refractivity (Wildman–Crippen MR) is 82.1 cm³/mol. The molecule has 108 valence electrons. The van der Waals surface area contributed by atoms with E-state index in [1.165, 1.54) is 17.7 Å². The highest BCUT2D eigenvalue weighted by Crippen LogP contribution is 2.29. The molecule has 0 spiro atoms. The van der Waals surface area contributed by atoms with Gasteiger partial charge in [-0.15, -0.1) is 0 Å². The number of benzene rings is 1. The fourth-order valence-corrected chi connectivity index (χ4v) is 3.78. The highest BCUT2D eigenvalue weighted by molar-refractivity contribution is 5.95. The van der Waals surface area contributed by atoms with Gasteiger partial charge >= 0.3 is 0 Å². The van der Waals surface area contributed by atoms with Gasteiger partial charge in [0.2, 0.25) is 0 Å².